The Morgan fingerprint density at radius 2 is 1.75 bits per heavy atom. The van der Waals surface area contributed by atoms with Crippen LogP contribution in [0.15, 0.2) is 84.0 Å². The van der Waals surface area contributed by atoms with E-state index in [1.165, 1.54) is 24.4 Å². The van der Waals surface area contributed by atoms with Gasteiger partial charge in [0, 0.05) is 12.3 Å². The van der Waals surface area contributed by atoms with Crippen molar-refractivity contribution in [3.05, 3.63) is 89.7 Å². The highest BCUT2D eigenvalue weighted by Crippen LogP contribution is 2.24. The highest BCUT2D eigenvalue weighted by molar-refractivity contribution is 7.92. The molecule has 0 spiro atoms. The molecule has 0 aliphatic rings. The minimum Gasteiger partial charge on any atom is -0.321 e. The van der Waals surface area contributed by atoms with Gasteiger partial charge in [-0.25, -0.2) is 8.42 Å². The van der Waals surface area contributed by atoms with Gasteiger partial charge in [0.25, 0.3) is 10.0 Å². The summed E-state index contributed by atoms with van der Waals surface area (Å²) in [5.74, 6) is -0.315. The summed E-state index contributed by atoms with van der Waals surface area (Å²) in [6, 6.07) is 16.2. The molecule has 6 nitrogen and oxygen atoms in total. The van der Waals surface area contributed by atoms with E-state index in [0.717, 1.165) is 0 Å². The quantitative estimate of drug-likeness (QED) is 0.593. The number of nitrogens with zero attached hydrogens (tertiary/aromatic N) is 1. The van der Waals surface area contributed by atoms with E-state index in [2.05, 4.69) is 15.0 Å². The first-order valence-corrected chi connectivity index (χ1v) is 10.1. The van der Waals surface area contributed by atoms with Gasteiger partial charge in [-0.05, 0) is 48.0 Å². The second kappa shape index (κ2) is 8.69. The number of hydrogen-bond donors (Lipinski definition) is 2. The van der Waals surface area contributed by atoms with Crippen LogP contribution in [-0.2, 0) is 14.8 Å². The summed E-state index contributed by atoms with van der Waals surface area (Å²) in [6.07, 6.45) is 6.10. The average Bonchev–Trinajstić information content (AvgIpc) is 2.69. The van der Waals surface area contributed by atoms with Crippen molar-refractivity contribution in [2.45, 2.75) is 4.90 Å². The molecule has 2 N–H and O–H groups in total. The van der Waals surface area contributed by atoms with Crippen molar-refractivity contribution in [3.8, 4) is 0 Å². The number of nitrogens with one attached hydrogen (secondary N) is 2. The molecule has 1 amide bonds. The second-order valence-corrected chi connectivity index (χ2v) is 7.81. The molecule has 3 rings (SSSR count). The van der Waals surface area contributed by atoms with Crippen molar-refractivity contribution >= 4 is 45.0 Å². The molecular weight excluding hydrogens is 398 g/mol. The number of para-hydroxylation sites is 1. The summed E-state index contributed by atoms with van der Waals surface area (Å²) in [4.78, 5) is 15.9. The number of hydrogen-bond acceptors (Lipinski definition) is 4. The zero-order valence-electron chi connectivity index (χ0n) is 14.5. The topological polar surface area (TPSA) is 88.2 Å². The first-order valence-electron chi connectivity index (χ1n) is 8.20. The van der Waals surface area contributed by atoms with Crippen molar-refractivity contribution in [2.75, 3.05) is 10.0 Å². The van der Waals surface area contributed by atoms with Crippen LogP contribution in [0, 0.1) is 0 Å². The third kappa shape index (κ3) is 5.18. The van der Waals surface area contributed by atoms with Crippen LogP contribution in [0.25, 0.3) is 6.08 Å². The number of carbonyl (C=O) groups excluding carboxylic acids is 1. The van der Waals surface area contributed by atoms with Crippen LogP contribution in [0.2, 0.25) is 5.02 Å². The van der Waals surface area contributed by atoms with E-state index < -0.39 is 10.0 Å². The van der Waals surface area contributed by atoms with Gasteiger partial charge in [0.15, 0.2) is 0 Å². The molecule has 28 heavy (non-hydrogen) atoms. The number of pyridine rings is 1. The molecule has 0 aliphatic heterocycles. The third-order valence-electron chi connectivity index (χ3n) is 3.66. The van der Waals surface area contributed by atoms with Crippen molar-refractivity contribution in [1.29, 1.82) is 0 Å². The van der Waals surface area contributed by atoms with Crippen LogP contribution in [0.1, 0.15) is 5.56 Å². The van der Waals surface area contributed by atoms with Gasteiger partial charge in [0.05, 0.1) is 27.5 Å². The summed E-state index contributed by atoms with van der Waals surface area (Å²) >= 11 is 5.99. The largest absolute Gasteiger partial charge is 0.321 e. The second-order valence-electron chi connectivity index (χ2n) is 5.72. The Bertz CT molecular complexity index is 1100. The highest BCUT2D eigenvalue weighted by atomic mass is 35.5. The van der Waals surface area contributed by atoms with Crippen LogP contribution >= 0.6 is 11.6 Å². The number of aromatic nitrogens is 1. The Balaban J connectivity index is 1.67. The minimum atomic E-state index is -3.77. The van der Waals surface area contributed by atoms with Gasteiger partial charge in [-0.3, -0.25) is 14.5 Å². The molecule has 0 saturated carbocycles. The molecule has 0 saturated heterocycles. The number of anilines is 2. The van der Waals surface area contributed by atoms with Crippen LogP contribution in [-0.4, -0.2) is 19.3 Å². The Morgan fingerprint density at radius 3 is 2.43 bits per heavy atom. The van der Waals surface area contributed by atoms with E-state index in [0.29, 0.717) is 22.0 Å². The fourth-order valence-electron chi connectivity index (χ4n) is 2.30. The van der Waals surface area contributed by atoms with Gasteiger partial charge >= 0.3 is 0 Å². The van der Waals surface area contributed by atoms with Gasteiger partial charge < -0.3 is 5.32 Å². The molecule has 8 heteroatoms. The molecule has 0 radical (unpaired) electrons. The zero-order valence-corrected chi connectivity index (χ0v) is 16.1. The van der Waals surface area contributed by atoms with Gasteiger partial charge in [-0.1, -0.05) is 35.9 Å². The maximum atomic E-state index is 12.5. The first kappa shape index (κ1) is 19.6. The van der Waals surface area contributed by atoms with Crippen LogP contribution in [0.5, 0.6) is 0 Å². The average molecular weight is 414 g/mol. The van der Waals surface area contributed by atoms with Gasteiger partial charge in [-0.15, -0.1) is 0 Å². The monoisotopic (exact) mass is 413 g/mol. The number of halogens is 1. The predicted octanol–water partition coefficient (Wildman–Crippen LogP) is 4.19. The summed E-state index contributed by atoms with van der Waals surface area (Å²) in [5.41, 5.74) is 1.57. The molecule has 142 valence electrons. The lowest BCUT2D eigenvalue weighted by Gasteiger charge is -2.09. The Hall–Kier alpha value is -3.16. The SMILES string of the molecule is O=C(/C=C/c1ccc(S(=O)(=O)Nc2ccccc2Cl)cc1)Nc1cccnc1. The summed E-state index contributed by atoms with van der Waals surface area (Å²) < 4.78 is 27.4. The zero-order chi connectivity index (χ0) is 20.0. The maximum absolute atomic E-state index is 12.5. The minimum absolute atomic E-state index is 0.0874. The summed E-state index contributed by atoms with van der Waals surface area (Å²) in [6.45, 7) is 0. The number of amides is 1. The molecule has 1 heterocycles. The Labute approximate surface area is 167 Å². The Morgan fingerprint density at radius 1 is 1.00 bits per heavy atom. The highest BCUT2D eigenvalue weighted by Gasteiger charge is 2.15. The van der Waals surface area contributed by atoms with Crippen LogP contribution in [0.3, 0.4) is 0 Å². The van der Waals surface area contributed by atoms with E-state index >= 15 is 0 Å². The molecule has 3 aromatic rings. The molecule has 1 aromatic heterocycles. The van der Waals surface area contributed by atoms with E-state index in [-0.39, 0.29) is 10.8 Å². The van der Waals surface area contributed by atoms with Crippen molar-refractivity contribution < 1.29 is 13.2 Å². The Kier molecular flexibility index (Phi) is 6.08. The molecule has 0 atom stereocenters. The van der Waals surface area contributed by atoms with Crippen LogP contribution in [0.4, 0.5) is 11.4 Å². The fraction of sp³-hybridized carbons (Fsp3) is 0. The summed E-state index contributed by atoms with van der Waals surface area (Å²) in [5, 5.41) is 2.98. The van der Waals surface area contributed by atoms with Gasteiger partial charge in [0.2, 0.25) is 5.91 Å². The standard InChI is InChI=1S/C20H16ClN3O3S/c21-18-5-1-2-6-19(18)24-28(26,27)17-10-7-15(8-11-17)9-12-20(25)23-16-4-3-13-22-14-16/h1-14,24H,(H,23,25)/b12-9+. The summed E-state index contributed by atoms with van der Waals surface area (Å²) in [7, 11) is -3.77. The number of sulfonamides is 1. The fourth-order valence-corrected chi connectivity index (χ4v) is 3.62. The lowest BCUT2D eigenvalue weighted by molar-refractivity contribution is -0.111. The van der Waals surface area contributed by atoms with Crippen LogP contribution < -0.4 is 10.0 Å². The van der Waals surface area contributed by atoms with Crippen molar-refractivity contribution in [2.24, 2.45) is 0 Å². The maximum Gasteiger partial charge on any atom is 0.261 e. The first-order chi connectivity index (χ1) is 13.4. The van der Waals surface area contributed by atoms with Crippen molar-refractivity contribution in [3.63, 3.8) is 0 Å². The van der Waals surface area contributed by atoms with Gasteiger partial charge in [-0.2, -0.15) is 0 Å². The smallest absolute Gasteiger partial charge is 0.261 e. The molecule has 0 fully saturated rings. The predicted molar refractivity (Wildman–Crippen MR) is 111 cm³/mol. The molecule has 0 unspecified atom stereocenters. The lowest BCUT2D eigenvalue weighted by Crippen LogP contribution is -2.13. The van der Waals surface area contributed by atoms with E-state index in [9.17, 15) is 13.2 Å². The molecule has 0 aliphatic carbocycles. The van der Waals surface area contributed by atoms with E-state index in [4.69, 9.17) is 11.6 Å². The molecule has 0 bridgehead atoms. The third-order valence-corrected chi connectivity index (χ3v) is 5.38. The lowest BCUT2D eigenvalue weighted by atomic mass is 10.2. The van der Waals surface area contributed by atoms with Crippen molar-refractivity contribution in [1.82, 2.24) is 4.98 Å². The number of carbonyl (C=O) groups is 1. The normalized spacial score (nSPS) is 11.3. The van der Waals surface area contributed by atoms with Gasteiger partial charge in [0.1, 0.15) is 0 Å². The number of benzene rings is 2. The molecule has 2 aromatic carbocycles. The van der Waals surface area contributed by atoms with E-state index in [1.54, 1.807) is 60.8 Å². The van der Waals surface area contributed by atoms with E-state index in [1.807, 2.05) is 0 Å². The molecular formula is C20H16ClN3O3S. The number of rotatable bonds is 6.